The lowest BCUT2D eigenvalue weighted by molar-refractivity contribution is 0.0946. The second-order valence-corrected chi connectivity index (χ2v) is 5.62. The molecule has 3 aromatic rings. The molecule has 2 aromatic heterocycles. The highest BCUT2D eigenvalue weighted by Crippen LogP contribution is 2.25. The summed E-state index contributed by atoms with van der Waals surface area (Å²) in [5, 5.41) is 10.7. The molecule has 6 nitrogen and oxygen atoms in total. The van der Waals surface area contributed by atoms with E-state index in [9.17, 15) is 4.79 Å². The first kappa shape index (κ1) is 14.4. The van der Waals surface area contributed by atoms with Gasteiger partial charge in [-0.05, 0) is 25.5 Å². The highest BCUT2D eigenvalue weighted by molar-refractivity contribution is 7.13. The Kier molecular flexibility index (Phi) is 3.97. The molecular weight excluding hydrogens is 300 g/mol. The maximum atomic E-state index is 12.1. The molecule has 22 heavy (non-hydrogen) atoms. The number of hydrogen-bond acceptors (Lipinski definition) is 6. The first-order chi connectivity index (χ1) is 10.6. The van der Waals surface area contributed by atoms with Crippen molar-refractivity contribution in [1.29, 1.82) is 0 Å². The average molecular weight is 314 g/mol. The van der Waals surface area contributed by atoms with Gasteiger partial charge in [-0.2, -0.15) is 0 Å². The molecule has 0 unspecified atom stereocenters. The molecule has 1 N–H and O–H groups in total. The van der Waals surface area contributed by atoms with E-state index < -0.39 is 0 Å². The minimum Gasteiger partial charge on any atom is -0.418 e. The van der Waals surface area contributed by atoms with Crippen LogP contribution in [-0.2, 0) is 6.54 Å². The topological polar surface area (TPSA) is 80.9 Å². The predicted molar refractivity (Wildman–Crippen MR) is 82.5 cm³/mol. The van der Waals surface area contributed by atoms with Crippen molar-refractivity contribution in [3.8, 4) is 10.8 Å². The SMILES string of the molecule is Cc1ccccc1C(=O)NCc1nnc(-c2scnc2C)o1. The fraction of sp³-hybridized carbons (Fsp3) is 0.200. The molecule has 1 amide bonds. The number of nitrogens with zero attached hydrogens (tertiary/aromatic N) is 3. The Morgan fingerprint density at radius 2 is 2.09 bits per heavy atom. The number of benzene rings is 1. The number of carbonyl (C=O) groups is 1. The summed E-state index contributed by atoms with van der Waals surface area (Å²) in [6.07, 6.45) is 0. The van der Waals surface area contributed by atoms with Crippen molar-refractivity contribution in [2.45, 2.75) is 20.4 Å². The molecule has 0 fully saturated rings. The molecule has 0 spiro atoms. The van der Waals surface area contributed by atoms with Crippen molar-refractivity contribution in [3.63, 3.8) is 0 Å². The Hall–Kier alpha value is -2.54. The minimum atomic E-state index is -0.160. The lowest BCUT2D eigenvalue weighted by Crippen LogP contribution is -2.23. The van der Waals surface area contributed by atoms with E-state index in [-0.39, 0.29) is 12.5 Å². The number of aryl methyl sites for hydroxylation is 2. The zero-order valence-electron chi connectivity index (χ0n) is 12.2. The molecule has 0 aliphatic heterocycles. The second-order valence-electron chi connectivity index (χ2n) is 4.77. The predicted octanol–water partition coefficient (Wildman–Crippen LogP) is 2.74. The van der Waals surface area contributed by atoms with Crippen LogP contribution in [0.5, 0.6) is 0 Å². The molecule has 0 saturated heterocycles. The molecular formula is C15H14N4O2S. The van der Waals surface area contributed by atoms with E-state index >= 15 is 0 Å². The lowest BCUT2D eigenvalue weighted by atomic mass is 10.1. The van der Waals surface area contributed by atoms with Gasteiger partial charge in [-0.25, -0.2) is 4.98 Å². The van der Waals surface area contributed by atoms with Crippen LogP contribution in [0.2, 0.25) is 0 Å². The van der Waals surface area contributed by atoms with Gasteiger partial charge in [-0.3, -0.25) is 4.79 Å². The third kappa shape index (κ3) is 2.89. The number of amides is 1. The standard InChI is InChI=1S/C15H14N4O2S/c1-9-5-3-4-6-11(9)14(20)16-7-12-18-19-15(21-12)13-10(2)17-8-22-13/h3-6,8H,7H2,1-2H3,(H,16,20). The molecule has 112 valence electrons. The lowest BCUT2D eigenvalue weighted by Gasteiger charge is -2.05. The highest BCUT2D eigenvalue weighted by atomic mass is 32.1. The summed E-state index contributed by atoms with van der Waals surface area (Å²) in [5.74, 6) is 0.636. The van der Waals surface area contributed by atoms with Crippen LogP contribution in [0.25, 0.3) is 10.8 Å². The molecule has 0 aliphatic rings. The van der Waals surface area contributed by atoms with Gasteiger partial charge in [-0.15, -0.1) is 21.5 Å². The van der Waals surface area contributed by atoms with Gasteiger partial charge in [0.1, 0.15) is 4.88 Å². The van der Waals surface area contributed by atoms with Crippen molar-refractivity contribution in [3.05, 3.63) is 52.5 Å². The van der Waals surface area contributed by atoms with Crippen LogP contribution in [-0.4, -0.2) is 21.1 Å². The van der Waals surface area contributed by atoms with Crippen molar-refractivity contribution in [2.24, 2.45) is 0 Å². The zero-order chi connectivity index (χ0) is 15.5. The Bertz CT molecular complexity index is 809. The Balaban J connectivity index is 1.68. The number of carbonyl (C=O) groups excluding carboxylic acids is 1. The maximum absolute atomic E-state index is 12.1. The van der Waals surface area contributed by atoms with Crippen LogP contribution < -0.4 is 5.32 Å². The largest absolute Gasteiger partial charge is 0.418 e. The van der Waals surface area contributed by atoms with Gasteiger partial charge < -0.3 is 9.73 Å². The number of hydrogen-bond donors (Lipinski definition) is 1. The summed E-state index contributed by atoms with van der Waals surface area (Å²) < 4.78 is 5.56. The number of nitrogens with one attached hydrogen (secondary N) is 1. The van der Waals surface area contributed by atoms with E-state index in [2.05, 4.69) is 20.5 Å². The Labute approximate surface area is 131 Å². The van der Waals surface area contributed by atoms with Gasteiger partial charge in [-0.1, -0.05) is 18.2 Å². The van der Waals surface area contributed by atoms with Crippen molar-refractivity contribution in [1.82, 2.24) is 20.5 Å². The molecule has 2 heterocycles. The number of thiazole rings is 1. The van der Waals surface area contributed by atoms with Crippen molar-refractivity contribution < 1.29 is 9.21 Å². The van der Waals surface area contributed by atoms with Crippen LogP contribution in [0, 0.1) is 13.8 Å². The molecule has 0 bridgehead atoms. The molecule has 1 aromatic carbocycles. The van der Waals surface area contributed by atoms with E-state index in [0.717, 1.165) is 16.1 Å². The maximum Gasteiger partial charge on any atom is 0.259 e. The average Bonchev–Trinajstić information content (AvgIpc) is 3.13. The monoisotopic (exact) mass is 314 g/mol. The van der Waals surface area contributed by atoms with Crippen LogP contribution in [0.15, 0.2) is 34.2 Å². The number of rotatable bonds is 4. The van der Waals surface area contributed by atoms with Gasteiger partial charge in [0.05, 0.1) is 17.7 Å². The summed E-state index contributed by atoms with van der Waals surface area (Å²) in [4.78, 5) is 17.1. The Morgan fingerprint density at radius 1 is 1.27 bits per heavy atom. The molecule has 0 atom stereocenters. The molecule has 0 saturated carbocycles. The fourth-order valence-electron chi connectivity index (χ4n) is 2.00. The van der Waals surface area contributed by atoms with Gasteiger partial charge in [0.2, 0.25) is 5.89 Å². The normalized spacial score (nSPS) is 10.6. The summed E-state index contributed by atoms with van der Waals surface area (Å²) in [6, 6.07) is 7.41. The van der Waals surface area contributed by atoms with Crippen LogP contribution in [0.4, 0.5) is 0 Å². The fourth-order valence-corrected chi connectivity index (χ4v) is 2.73. The molecule has 7 heteroatoms. The van der Waals surface area contributed by atoms with E-state index in [4.69, 9.17) is 4.42 Å². The first-order valence-corrected chi connectivity index (χ1v) is 7.60. The zero-order valence-corrected chi connectivity index (χ0v) is 13.0. The number of aromatic nitrogens is 3. The van der Waals surface area contributed by atoms with Gasteiger partial charge in [0.15, 0.2) is 0 Å². The summed E-state index contributed by atoms with van der Waals surface area (Å²) in [6.45, 7) is 3.97. The molecule has 0 aliphatic carbocycles. The summed E-state index contributed by atoms with van der Waals surface area (Å²) >= 11 is 1.44. The van der Waals surface area contributed by atoms with Crippen LogP contribution in [0.1, 0.15) is 27.5 Å². The third-order valence-electron chi connectivity index (χ3n) is 3.20. The highest BCUT2D eigenvalue weighted by Gasteiger charge is 2.14. The van der Waals surface area contributed by atoms with E-state index in [1.807, 2.05) is 32.0 Å². The quantitative estimate of drug-likeness (QED) is 0.801. The van der Waals surface area contributed by atoms with Gasteiger partial charge in [0.25, 0.3) is 11.8 Å². The van der Waals surface area contributed by atoms with Gasteiger partial charge in [0, 0.05) is 5.56 Å². The summed E-state index contributed by atoms with van der Waals surface area (Å²) in [5.41, 5.74) is 4.14. The first-order valence-electron chi connectivity index (χ1n) is 6.72. The third-order valence-corrected chi connectivity index (χ3v) is 4.11. The van der Waals surface area contributed by atoms with E-state index in [1.54, 1.807) is 11.6 Å². The van der Waals surface area contributed by atoms with Gasteiger partial charge >= 0.3 is 0 Å². The van der Waals surface area contributed by atoms with E-state index in [1.165, 1.54) is 11.3 Å². The Morgan fingerprint density at radius 3 is 2.82 bits per heavy atom. The smallest absolute Gasteiger partial charge is 0.259 e. The van der Waals surface area contributed by atoms with Crippen LogP contribution >= 0.6 is 11.3 Å². The molecule has 0 radical (unpaired) electrons. The van der Waals surface area contributed by atoms with Crippen molar-refractivity contribution in [2.75, 3.05) is 0 Å². The molecule has 3 rings (SSSR count). The summed E-state index contributed by atoms with van der Waals surface area (Å²) in [7, 11) is 0. The van der Waals surface area contributed by atoms with Crippen molar-refractivity contribution >= 4 is 17.2 Å². The minimum absolute atomic E-state index is 0.160. The van der Waals surface area contributed by atoms with Crippen LogP contribution in [0.3, 0.4) is 0 Å². The van der Waals surface area contributed by atoms with E-state index in [0.29, 0.717) is 17.3 Å². The second kappa shape index (κ2) is 6.07.